The Balaban J connectivity index is 1.96. The predicted molar refractivity (Wildman–Crippen MR) is 84.7 cm³/mol. The molecule has 0 radical (unpaired) electrons. The molecule has 0 saturated carbocycles. The van der Waals surface area contributed by atoms with Crippen molar-refractivity contribution in [3.05, 3.63) is 27.7 Å². The van der Waals surface area contributed by atoms with Crippen molar-refractivity contribution in [2.45, 2.75) is 19.3 Å². The fourth-order valence-electron chi connectivity index (χ4n) is 2.44. The molecule has 21 heavy (non-hydrogen) atoms. The number of nitrogens with one attached hydrogen (secondary N) is 1. The van der Waals surface area contributed by atoms with Gasteiger partial charge in [0.25, 0.3) is 0 Å². The van der Waals surface area contributed by atoms with Gasteiger partial charge in [0.1, 0.15) is 0 Å². The maximum absolute atomic E-state index is 12.2. The molecule has 2 amide bonds. The fraction of sp³-hybridized carbons (Fsp3) is 0.429. The summed E-state index contributed by atoms with van der Waals surface area (Å²) in [5.41, 5.74) is 0.619. The summed E-state index contributed by atoms with van der Waals surface area (Å²) in [4.78, 5) is 24.6. The lowest BCUT2D eigenvalue weighted by molar-refractivity contribution is -0.138. The molecule has 2 N–H and O–H groups in total. The molecular formula is C14H16BrClN2O3. The number of hydrogen-bond acceptors (Lipinski definition) is 2. The molecule has 7 heteroatoms. The molecule has 1 unspecified atom stereocenters. The van der Waals surface area contributed by atoms with Gasteiger partial charge in [0.15, 0.2) is 0 Å². The highest BCUT2D eigenvalue weighted by Crippen LogP contribution is 2.26. The van der Waals surface area contributed by atoms with Gasteiger partial charge in [-0.25, -0.2) is 4.79 Å². The van der Waals surface area contributed by atoms with E-state index in [0.29, 0.717) is 23.8 Å². The van der Waals surface area contributed by atoms with Gasteiger partial charge in [0.2, 0.25) is 0 Å². The molecule has 1 saturated heterocycles. The van der Waals surface area contributed by atoms with Crippen LogP contribution in [0.15, 0.2) is 22.7 Å². The zero-order chi connectivity index (χ0) is 15.4. The number of aliphatic carboxylic acids is 1. The van der Waals surface area contributed by atoms with Crippen LogP contribution in [-0.4, -0.2) is 35.1 Å². The van der Waals surface area contributed by atoms with Crippen LogP contribution in [0.3, 0.4) is 0 Å². The number of benzene rings is 1. The van der Waals surface area contributed by atoms with E-state index in [1.165, 1.54) is 0 Å². The molecule has 114 valence electrons. The number of nitrogens with zero attached hydrogens (tertiary/aromatic N) is 1. The Morgan fingerprint density at radius 2 is 2.24 bits per heavy atom. The molecule has 1 aliphatic heterocycles. The average molecular weight is 376 g/mol. The molecule has 1 atom stereocenters. The summed E-state index contributed by atoms with van der Waals surface area (Å²) in [5.74, 6) is -0.794. The fourth-order valence-corrected chi connectivity index (χ4v) is 2.87. The molecule has 1 aromatic rings. The lowest BCUT2D eigenvalue weighted by Crippen LogP contribution is -2.42. The van der Waals surface area contributed by atoms with Gasteiger partial charge in [-0.2, -0.15) is 0 Å². The lowest BCUT2D eigenvalue weighted by Gasteiger charge is -2.32. The van der Waals surface area contributed by atoms with Crippen molar-refractivity contribution in [2.24, 2.45) is 5.92 Å². The van der Waals surface area contributed by atoms with E-state index in [9.17, 15) is 9.59 Å². The average Bonchev–Trinajstić information content (AvgIpc) is 2.42. The third kappa shape index (κ3) is 4.61. The number of piperidine rings is 1. The van der Waals surface area contributed by atoms with E-state index in [4.69, 9.17) is 16.7 Å². The third-order valence-corrected chi connectivity index (χ3v) is 4.67. The first-order valence-corrected chi connectivity index (χ1v) is 7.85. The number of likely N-dealkylation sites (tertiary alicyclic amines) is 1. The molecular weight excluding hydrogens is 360 g/mol. The van der Waals surface area contributed by atoms with Gasteiger partial charge in [-0.3, -0.25) is 4.79 Å². The summed E-state index contributed by atoms with van der Waals surface area (Å²) in [5, 5.41) is 12.2. The molecule has 2 rings (SSSR count). The van der Waals surface area contributed by atoms with Crippen LogP contribution >= 0.6 is 27.5 Å². The van der Waals surface area contributed by atoms with Gasteiger partial charge in [-0.15, -0.1) is 0 Å². The number of halogens is 2. The topological polar surface area (TPSA) is 69.6 Å². The molecule has 0 bridgehead atoms. The first-order chi connectivity index (χ1) is 9.95. The Hall–Kier alpha value is -1.27. The SMILES string of the molecule is O=C(O)CC1CCCN(C(=O)Nc2ccc(Br)c(Cl)c2)C1. The van der Waals surface area contributed by atoms with Crippen LogP contribution in [0.1, 0.15) is 19.3 Å². The van der Waals surface area contributed by atoms with Crippen LogP contribution in [0.25, 0.3) is 0 Å². The molecule has 1 aliphatic rings. The first-order valence-electron chi connectivity index (χ1n) is 6.68. The number of urea groups is 1. The largest absolute Gasteiger partial charge is 0.481 e. The predicted octanol–water partition coefficient (Wildman–Crippen LogP) is 3.82. The van der Waals surface area contributed by atoms with Crippen molar-refractivity contribution in [3.8, 4) is 0 Å². The second kappa shape index (κ2) is 7.13. The van der Waals surface area contributed by atoms with Gasteiger partial charge < -0.3 is 15.3 Å². The van der Waals surface area contributed by atoms with Gasteiger partial charge in [-0.1, -0.05) is 11.6 Å². The third-order valence-electron chi connectivity index (χ3n) is 3.44. The Kier molecular flexibility index (Phi) is 5.47. The van der Waals surface area contributed by atoms with E-state index in [1.807, 2.05) is 0 Å². The smallest absolute Gasteiger partial charge is 0.321 e. The zero-order valence-electron chi connectivity index (χ0n) is 11.3. The highest BCUT2D eigenvalue weighted by molar-refractivity contribution is 9.10. The molecule has 5 nitrogen and oxygen atoms in total. The zero-order valence-corrected chi connectivity index (χ0v) is 13.7. The van der Waals surface area contributed by atoms with Crippen molar-refractivity contribution in [2.75, 3.05) is 18.4 Å². The maximum Gasteiger partial charge on any atom is 0.321 e. The number of carboxylic acids is 1. The standard InChI is InChI=1S/C14H16BrClN2O3/c15-11-4-3-10(7-12(11)16)17-14(21)18-5-1-2-9(8-18)6-13(19)20/h3-4,7,9H,1-2,5-6,8H2,(H,17,21)(H,19,20). The van der Waals surface area contributed by atoms with E-state index in [-0.39, 0.29) is 18.4 Å². The second-order valence-corrected chi connectivity index (χ2v) is 6.37. The highest BCUT2D eigenvalue weighted by atomic mass is 79.9. The molecule has 0 aromatic heterocycles. The minimum atomic E-state index is -0.818. The maximum atomic E-state index is 12.2. The van der Waals surface area contributed by atoms with Crippen molar-refractivity contribution in [1.29, 1.82) is 0 Å². The Morgan fingerprint density at radius 3 is 2.90 bits per heavy atom. The van der Waals surface area contributed by atoms with Crippen LogP contribution in [0.2, 0.25) is 5.02 Å². The number of rotatable bonds is 3. The van der Waals surface area contributed by atoms with E-state index in [1.54, 1.807) is 23.1 Å². The summed E-state index contributed by atoms with van der Waals surface area (Å²) in [6, 6.07) is 4.97. The molecule has 1 aromatic carbocycles. The minimum Gasteiger partial charge on any atom is -0.481 e. The summed E-state index contributed by atoms with van der Waals surface area (Å²) in [6.07, 6.45) is 1.78. The number of anilines is 1. The molecule has 0 aliphatic carbocycles. The molecule has 0 spiro atoms. The van der Waals surface area contributed by atoms with Crippen LogP contribution in [0, 0.1) is 5.92 Å². The Morgan fingerprint density at radius 1 is 1.48 bits per heavy atom. The van der Waals surface area contributed by atoms with E-state index >= 15 is 0 Å². The molecule has 1 heterocycles. The lowest BCUT2D eigenvalue weighted by atomic mass is 9.95. The summed E-state index contributed by atoms with van der Waals surface area (Å²) in [7, 11) is 0. The highest BCUT2D eigenvalue weighted by Gasteiger charge is 2.25. The van der Waals surface area contributed by atoms with Crippen molar-refractivity contribution < 1.29 is 14.7 Å². The quantitative estimate of drug-likeness (QED) is 0.844. The summed E-state index contributed by atoms with van der Waals surface area (Å²) < 4.78 is 0.765. The first kappa shape index (κ1) is 16.1. The van der Waals surface area contributed by atoms with Crippen LogP contribution < -0.4 is 5.32 Å². The van der Waals surface area contributed by atoms with Gasteiger partial charge in [0, 0.05) is 29.7 Å². The normalized spacial score (nSPS) is 18.4. The van der Waals surface area contributed by atoms with Gasteiger partial charge in [-0.05, 0) is 52.9 Å². The van der Waals surface area contributed by atoms with E-state index in [2.05, 4.69) is 21.2 Å². The summed E-state index contributed by atoms with van der Waals surface area (Å²) in [6.45, 7) is 1.12. The van der Waals surface area contributed by atoms with Gasteiger partial charge in [0.05, 0.1) is 5.02 Å². The van der Waals surface area contributed by atoms with Crippen LogP contribution in [0.5, 0.6) is 0 Å². The Labute approximate surface area is 136 Å². The van der Waals surface area contributed by atoms with Crippen molar-refractivity contribution in [1.82, 2.24) is 4.90 Å². The van der Waals surface area contributed by atoms with Crippen molar-refractivity contribution >= 4 is 45.2 Å². The Bertz CT molecular complexity index is 553. The minimum absolute atomic E-state index is 0.0236. The number of carboxylic acid groups (broad SMARTS) is 1. The van der Waals surface area contributed by atoms with Crippen LogP contribution in [-0.2, 0) is 4.79 Å². The van der Waals surface area contributed by atoms with Gasteiger partial charge >= 0.3 is 12.0 Å². The second-order valence-electron chi connectivity index (χ2n) is 5.11. The summed E-state index contributed by atoms with van der Waals surface area (Å²) >= 11 is 9.28. The monoisotopic (exact) mass is 374 g/mol. The number of hydrogen-bond donors (Lipinski definition) is 2. The van der Waals surface area contributed by atoms with Crippen LogP contribution in [0.4, 0.5) is 10.5 Å². The van der Waals surface area contributed by atoms with E-state index in [0.717, 1.165) is 17.3 Å². The number of carbonyl (C=O) groups is 2. The number of carbonyl (C=O) groups excluding carboxylic acids is 1. The number of amides is 2. The van der Waals surface area contributed by atoms with Crippen molar-refractivity contribution in [3.63, 3.8) is 0 Å². The molecule has 1 fully saturated rings. The van der Waals surface area contributed by atoms with E-state index < -0.39 is 5.97 Å².